The second kappa shape index (κ2) is 5.02. The van der Waals surface area contributed by atoms with Gasteiger partial charge < -0.3 is 10.2 Å². The molecule has 1 aliphatic heterocycles. The molecule has 0 spiro atoms. The molecule has 1 aromatic rings. The van der Waals surface area contributed by atoms with Crippen LogP contribution in [0.4, 0.5) is 5.69 Å². The van der Waals surface area contributed by atoms with Crippen LogP contribution in [0, 0.1) is 0 Å². The zero-order valence-corrected chi connectivity index (χ0v) is 11.3. The Balaban J connectivity index is 2.27. The lowest BCUT2D eigenvalue weighted by molar-refractivity contribution is -0.119. The van der Waals surface area contributed by atoms with Crippen molar-refractivity contribution in [3.8, 4) is 0 Å². The van der Waals surface area contributed by atoms with E-state index < -0.39 is 0 Å². The van der Waals surface area contributed by atoms with Crippen molar-refractivity contribution in [2.45, 2.75) is 12.5 Å². The summed E-state index contributed by atoms with van der Waals surface area (Å²) in [6.45, 7) is 4.45. The fraction of sp³-hybridized carbons (Fsp3) is 0.308. The van der Waals surface area contributed by atoms with Gasteiger partial charge in [0.25, 0.3) is 0 Å². The summed E-state index contributed by atoms with van der Waals surface area (Å²) in [4.78, 5) is 13.6. The highest BCUT2D eigenvalue weighted by Gasteiger charge is 2.28. The van der Waals surface area contributed by atoms with E-state index in [-0.39, 0.29) is 11.9 Å². The van der Waals surface area contributed by atoms with Crippen LogP contribution in [-0.2, 0) is 4.79 Å². The maximum absolute atomic E-state index is 11.9. The van der Waals surface area contributed by atoms with Gasteiger partial charge in [0.05, 0.1) is 0 Å². The summed E-state index contributed by atoms with van der Waals surface area (Å²) in [7, 11) is 1.82. The predicted molar refractivity (Wildman–Crippen MR) is 73.3 cm³/mol. The topological polar surface area (TPSA) is 32.3 Å². The Bertz CT molecular complexity index is 458. The average molecular weight is 295 g/mol. The number of carbonyl (C=O) groups excluding carboxylic acids is 1. The normalized spacial score (nSPS) is 19.1. The predicted octanol–water partition coefficient (Wildman–Crippen LogP) is 2.59. The number of benzene rings is 1. The number of hydrogen-bond acceptors (Lipinski definition) is 2. The number of nitrogens with zero attached hydrogens (tertiary/aromatic N) is 1. The molecule has 90 valence electrons. The van der Waals surface area contributed by atoms with E-state index in [9.17, 15) is 4.79 Å². The van der Waals surface area contributed by atoms with Gasteiger partial charge in [0.1, 0.15) is 0 Å². The van der Waals surface area contributed by atoms with Gasteiger partial charge in [0.15, 0.2) is 0 Å². The molecule has 1 unspecified atom stereocenters. The second-order valence-corrected chi connectivity index (χ2v) is 5.29. The third kappa shape index (κ3) is 2.58. The highest BCUT2D eigenvalue weighted by molar-refractivity contribution is 9.11. The molecule has 1 aliphatic rings. The van der Waals surface area contributed by atoms with Crippen LogP contribution in [0.1, 0.15) is 18.0 Å². The first-order chi connectivity index (χ1) is 8.09. The Morgan fingerprint density at radius 1 is 1.59 bits per heavy atom. The van der Waals surface area contributed by atoms with E-state index in [1.807, 2.05) is 25.2 Å². The summed E-state index contributed by atoms with van der Waals surface area (Å²) in [6, 6.07) is 8.06. The van der Waals surface area contributed by atoms with Crippen molar-refractivity contribution < 1.29 is 4.79 Å². The van der Waals surface area contributed by atoms with Crippen LogP contribution >= 0.6 is 15.9 Å². The number of fused-ring (bicyclic) bond motifs is 1. The molecule has 0 saturated carbocycles. The molecule has 2 rings (SSSR count). The minimum atomic E-state index is 0.0733. The molecule has 17 heavy (non-hydrogen) atoms. The molecule has 1 N–H and O–H groups in total. The summed E-state index contributed by atoms with van der Waals surface area (Å²) >= 11 is 3.32. The summed E-state index contributed by atoms with van der Waals surface area (Å²) < 4.78 is 0.890. The van der Waals surface area contributed by atoms with E-state index in [0.29, 0.717) is 13.0 Å². The molecule has 3 nitrogen and oxygen atoms in total. The Kier molecular flexibility index (Phi) is 3.64. The van der Waals surface area contributed by atoms with E-state index in [1.54, 1.807) is 4.90 Å². The SMILES string of the molecule is C=C(Br)CNC1CC(=O)N(C)c2ccccc21. The first-order valence-corrected chi connectivity index (χ1v) is 6.31. The molecular formula is C13H15BrN2O. The van der Waals surface area contributed by atoms with E-state index in [1.165, 1.54) is 5.56 Å². The second-order valence-electron chi connectivity index (χ2n) is 4.17. The molecule has 1 heterocycles. The maximum atomic E-state index is 11.9. The van der Waals surface area contributed by atoms with E-state index in [4.69, 9.17) is 0 Å². The van der Waals surface area contributed by atoms with Gasteiger partial charge in [-0.15, -0.1) is 0 Å². The molecule has 4 heteroatoms. The third-order valence-corrected chi connectivity index (χ3v) is 3.25. The highest BCUT2D eigenvalue weighted by atomic mass is 79.9. The fourth-order valence-corrected chi connectivity index (χ4v) is 2.22. The molecule has 0 fully saturated rings. The molecule has 0 aliphatic carbocycles. The minimum absolute atomic E-state index is 0.0733. The van der Waals surface area contributed by atoms with E-state index in [0.717, 1.165) is 10.2 Å². The smallest absolute Gasteiger partial charge is 0.228 e. The Labute approximate surface area is 110 Å². The fourth-order valence-electron chi connectivity index (χ4n) is 2.06. The average Bonchev–Trinajstić information content (AvgIpc) is 2.32. The standard InChI is InChI=1S/C13H15BrN2O/c1-9(14)8-15-11-7-13(17)16(2)12-6-4-3-5-10(11)12/h3-6,11,15H,1,7-8H2,2H3. The quantitative estimate of drug-likeness (QED) is 0.929. The van der Waals surface area contributed by atoms with Gasteiger partial charge >= 0.3 is 0 Å². The van der Waals surface area contributed by atoms with Gasteiger partial charge in [-0.25, -0.2) is 0 Å². The van der Waals surface area contributed by atoms with Gasteiger partial charge in [-0.3, -0.25) is 4.79 Å². The first kappa shape index (κ1) is 12.3. The van der Waals surface area contributed by atoms with Crippen molar-refractivity contribution in [3.63, 3.8) is 0 Å². The number of amides is 1. The molecule has 1 atom stereocenters. The zero-order chi connectivity index (χ0) is 12.4. The Hall–Kier alpha value is -1.13. The van der Waals surface area contributed by atoms with Crippen LogP contribution in [-0.4, -0.2) is 19.5 Å². The lowest BCUT2D eigenvalue weighted by Gasteiger charge is -2.32. The molecule has 1 amide bonds. The molecule has 0 bridgehead atoms. The Morgan fingerprint density at radius 3 is 3.00 bits per heavy atom. The van der Waals surface area contributed by atoms with Crippen molar-refractivity contribution in [2.24, 2.45) is 0 Å². The highest BCUT2D eigenvalue weighted by Crippen LogP contribution is 2.33. The monoisotopic (exact) mass is 294 g/mol. The number of para-hydroxylation sites is 1. The largest absolute Gasteiger partial charge is 0.315 e. The molecule has 1 aromatic carbocycles. The van der Waals surface area contributed by atoms with Gasteiger partial charge in [-0.2, -0.15) is 0 Å². The van der Waals surface area contributed by atoms with Crippen LogP contribution < -0.4 is 10.2 Å². The van der Waals surface area contributed by atoms with Gasteiger partial charge in [-0.05, 0) is 11.6 Å². The van der Waals surface area contributed by atoms with Crippen molar-refractivity contribution in [1.82, 2.24) is 5.32 Å². The lowest BCUT2D eigenvalue weighted by Crippen LogP contribution is -2.38. The first-order valence-electron chi connectivity index (χ1n) is 5.51. The summed E-state index contributed by atoms with van der Waals surface area (Å²) in [5, 5.41) is 3.33. The van der Waals surface area contributed by atoms with Crippen LogP contribution in [0.2, 0.25) is 0 Å². The van der Waals surface area contributed by atoms with E-state index >= 15 is 0 Å². The molecule has 0 radical (unpaired) electrons. The number of anilines is 1. The van der Waals surface area contributed by atoms with Crippen LogP contribution in [0.5, 0.6) is 0 Å². The summed E-state index contributed by atoms with van der Waals surface area (Å²) in [5.74, 6) is 0.140. The Morgan fingerprint density at radius 2 is 2.29 bits per heavy atom. The zero-order valence-electron chi connectivity index (χ0n) is 9.74. The number of carbonyl (C=O) groups is 1. The van der Waals surface area contributed by atoms with Gasteiger partial charge in [-0.1, -0.05) is 40.7 Å². The van der Waals surface area contributed by atoms with Crippen molar-refractivity contribution >= 4 is 27.5 Å². The summed E-state index contributed by atoms with van der Waals surface area (Å²) in [6.07, 6.45) is 0.494. The van der Waals surface area contributed by atoms with Crippen LogP contribution in [0.3, 0.4) is 0 Å². The van der Waals surface area contributed by atoms with Crippen molar-refractivity contribution in [2.75, 3.05) is 18.5 Å². The number of rotatable bonds is 3. The molecular weight excluding hydrogens is 280 g/mol. The number of nitrogens with one attached hydrogen (secondary N) is 1. The van der Waals surface area contributed by atoms with Crippen LogP contribution in [0.15, 0.2) is 35.3 Å². The maximum Gasteiger partial charge on any atom is 0.228 e. The van der Waals surface area contributed by atoms with Gasteiger partial charge in [0, 0.05) is 36.2 Å². The molecule has 0 aromatic heterocycles. The van der Waals surface area contributed by atoms with Gasteiger partial charge in [0.2, 0.25) is 5.91 Å². The molecule has 0 saturated heterocycles. The number of halogens is 1. The summed E-state index contributed by atoms with van der Waals surface area (Å²) in [5.41, 5.74) is 2.16. The lowest BCUT2D eigenvalue weighted by atomic mass is 9.96. The minimum Gasteiger partial charge on any atom is -0.315 e. The van der Waals surface area contributed by atoms with Crippen molar-refractivity contribution in [1.29, 1.82) is 0 Å². The number of hydrogen-bond donors (Lipinski definition) is 1. The van der Waals surface area contributed by atoms with E-state index in [2.05, 4.69) is 33.9 Å². The third-order valence-electron chi connectivity index (χ3n) is 2.97. The van der Waals surface area contributed by atoms with Crippen LogP contribution in [0.25, 0.3) is 0 Å². The van der Waals surface area contributed by atoms with Crippen molar-refractivity contribution in [3.05, 3.63) is 40.9 Å².